The molecule has 0 saturated carbocycles. The van der Waals surface area contributed by atoms with Crippen molar-refractivity contribution in [3.8, 4) is 11.3 Å². The molecule has 0 bridgehead atoms. The Morgan fingerprint density at radius 3 is 2.62 bits per heavy atom. The molecular weight excluding hydrogens is 433 g/mol. The molecule has 2 atom stereocenters. The van der Waals surface area contributed by atoms with E-state index >= 15 is 0 Å². The number of amides is 1. The standard InChI is InChI=1S/C23H23ClFN5O2/c1-12-9-19(32-28-12)20-16(5-4-6-17(20)25)22(31)30-10-15-7-8-29(11-18(15)30)23-26-13(2)21(24)14(3)27-23/h4-6,9,15,18H,7-8,10-11H2,1-3H3/t15-,18-/m1/s1. The lowest BCUT2D eigenvalue weighted by Gasteiger charge is -2.53. The summed E-state index contributed by atoms with van der Waals surface area (Å²) in [7, 11) is 0. The van der Waals surface area contributed by atoms with Gasteiger partial charge in [-0.1, -0.05) is 22.8 Å². The van der Waals surface area contributed by atoms with Gasteiger partial charge in [-0.05, 0) is 39.3 Å². The fourth-order valence-corrected chi connectivity index (χ4v) is 4.71. The van der Waals surface area contributed by atoms with E-state index < -0.39 is 5.82 Å². The molecule has 2 saturated heterocycles. The second-order valence-corrected chi connectivity index (χ2v) is 8.90. The SMILES string of the molecule is Cc1cc(-c2c(F)cccc2C(=O)N2C[C@H]3CCN(c4nc(C)c(Cl)c(C)n4)C[C@H]32)on1. The topological polar surface area (TPSA) is 75.4 Å². The van der Waals surface area contributed by atoms with Crippen molar-refractivity contribution < 1.29 is 13.7 Å². The van der Waals surface area contributed by atoms with E-state index in [4.69, 9.17) is 16.1 Å². The van der Waals surface area contributed by atoms with Crippen molar-refractivity contribution in [1.29, 1.82) is 0 Å². The molecule has 166 valence electrons. The van der Waals surface area contributed by atoms with Crippen LogP contribution in [0.3, 0.4) is 0 Å². The number of likely N-dealkylation sites (tertiary alicyclic amines) is 1. The van der Waals surface area contributed by atoms with Crippen LogP contribution in [0.2, 0.25) is 5.02 Å². The molecule has 0 spiro atoms. The summed E-state index contributed by atoms with van der Waals surface area (Å²) >= 11 is 6.22. The summed E-state index contributed by atoms with van der Waals surface area (Å²) in [5.41, 5.74) is 2.55. The fraction of sp³-hybridized carbons (Fsp3) is 0.391. The van der Waals surface area contributed by atoms with E-state index in [1.165, 1.54) is 6.07 Å². The monoisotopic (exact) mass is 455 g/mol. The zero-order valence-electron chi connectivity index (χ0n) is 18.1. The molecule has 0 radical (unpaired) electrons. The van der Waals surface area contributed by atoms with E-state index in [2.05, 4.69) is 20.0 Å². The molecule has 7 nitrogen and oxygen atoms in total. The van der Waals surface area contributed by atoms with Crippen LogP contribution in [0.15, 0.2) is 28.8 Å². The number of benzene rings is 1. The third-order valence-electron chi connectivity index (χ3n) is 6.39. The van der Waals surface area contributed by atoms with Crippen LogP contribution in [-0.4, -0.2) is 51.6 Å². The third kappa shape index (κ3) is 3.43. The Kier molecular flexibility index (Phi) is 5.12. The van der Waals surface area contributed by atoms with Gasteiger partial charge in [0.05, 0.1) is 39.3 Å². The maximum atomic E-state index is 14.7. The largest absolute Gasteiger partial charge is 0.356 e. The van der Waals surface area contributed by atoms with Crippen molar-refractivity contribution in [3.05, 3.63) is 57.8 Å². The lowest BCUT2D eigenvalue weighted by Crippen LogP contribution is -2.66. The number of aryl methyl sites for hydroxylation is 3. The van der Waals surface area contributed by atoms with Gasteiger partial charge in [0.25, 0.3) is 5.91 Å². The molecule has 32 heavy (non-hydrogen) atoms. The Hall–Kier alpha value is -3.00. The van der Waals surface area contributed by atoms with Gasteiger partial charge in [-0.3, -0.25) is 4.79 Å². The highest BCUT2D eigenvalue weighted by atomic mass is 35.5. The number of carbonyl (C=O) groups excluding carboxylic acids is 1. The number of hydrogen-bond acceptors (Lipinski definition) is 6. The van der Waals surface area contributed by atoms with Gasteiger partial charge in [0.2, 0.25) is 5.95 Å². The molecule has 2 fully saturated rings. The van der Waals surface area contributed by atoms with E-state index in [0.29, 0.717) is 35.7 Å². The van der Waals surface area contributed by atoms with E-state index in [1.807, 2.05) is 18.7 Å². The summed E-state index contributed by atoms with van der Waals surface area (Å²) in [4.78, 5) is 26.5. The number of fused-ring (bicyclic) bond motifs is 1. The minimum absolute atomic E-state index is 0.0173. The van der Waals surface area contributed by atoms with Gasteiger partial charge < -0.3 is 14.3 Å². The first-order chi connectivity index (χ1) is 15.3. The molecule has 4 heterocycles. The molecule has 5 rings (SSSR count). The van der Waals surface area contributed by atoms with Crippen molar-refractivity contribution in [3.63, 3.8) is 0 Å². The molecular formula is C23H23ClFN5O2. The summed E-state index contributed by atoms with van der Waals surface area (Å²) in [6, 6.07) is 6.17. The molecule has 0 unspecified atom stereocenters. The van der Waals surface area contributed by atoms with Gasteiger partial charge in [-0.15, -0.1) is 0 Å². The fourth-order valence-electron chi connectivity index (χ4n) is 4.63. The van der Waals surface area contributed by atoms with Crippen molar-refractivity contribution in [2.75, 3.05) is 24.5 Å². The molecule has 9 heteroatoms. The van der Waals surface area contributed by atoms with Crippen molar-refractivity contribution in [2.45, 2.75) is 33.2 Å². The normalized spacial score (nSPS) is 20.2. The summed E-state index contributed by atoms with van der Waals surface area (Å²) in [6.07, 6.45) is 0.940. The molecule has 0 N–H and O–H groups in total. The lowest BCUT2D eigenvalue weighted by atomic mass is 9.81. The Bertz CT molecular complexity index is 1190. The van der Waals surface area contributed by atoms with Crippen LogP contribution >= 0.6 is 11.6 Å². The van der Waals surface area contributed by atoms with E-state index in [-0.39, 0.29) is 28.8 Å². The van der Waals surface area contributed by atoms with Crippen LogP contribution in [0.25, 0.3) is 11.3 Å². The predicted molar refractivity (Wildman–Crippen MR) is 118 cm³/mol. The molecule has 2 aliphatic rings. The minimum Gasteiger partial charge on any atom is -0.356 e. The Morgan fingerprint density at radius 2 is 1.94 bits per heavy atom. The summed E-state index contributed by atoms with van der Waals surface area (Å²) in [6.45, 7) is 7.60. The number of carbonyl (C=O) groups is 1. The van der Waals surface area contributed by atoms with Gasteiger partial charge in [0.1, 0.15) is 5.82 Å². The average molecular weight is 456 g/mol. The Morgan fingerprint density at radius 1 is 1.19 bits per heavy atom. The second-order valence-electron chi connectivity index (χ2n) is 8.52. The van der Waals surface area contributed by atoms with Gasteiger partial charge in [-0.2, -0.15) is 0 Å². The maximum absolute atomic E-state index is 14.7. The van der Waals surface area contributed by atoms with E-state index in [0.717, 1.165) is 24.4 Å². The van der Waals surface area contributed by atoms with Crippen molar-refractivity contribution in [2.24, 2.45) is 5.92 Å². The number of nitrogens with zero attached hydrogens (tertiary/aromatic N) is 5. The third-order valence-corrected chi connectivity index (χ3v) is 6.93. The number of halogens is 2. The Labute approximate surface area is 190 Å². The van der Waals surface area contributed by atoms with Crippen LogP contribution in [0, 0.1) is 32.5 Å². The molecule has 2 aliphatic heterocycles. The van der Waals surface area contributed by atoms with Gasteiger partial charge >= 0.3 is 0 Å². The first kappa shape index (κ1) is 20.9. The average Bonchev–Trinajstić information content (AvgIpc) is 3.18. The maximum Gasteiger partial charge on any atom is 0.255 e. The van der Waals surface area contributed by atoms with E-state index in [1.54, 1.807) is 25.1 Å². The summed E-state index contributed by atoms with van der Waals surface area (Å²) in [5, 5.41) is 4.42. The molecule has 1 amide bonds. The van der Waals surface area contributed by atoms with Crippen molar-refractivity contribution in [1.82, 2.24) is 20.0 Å². The van der Waals surface area contributed by atoms with Gasteiger partial charge in [-0.25, -0.2) is 14.4 Å². The number of rotatable bonds is 3. The lowest BCUT2D eigenvalue weighted by molar-refractivity contribution is 0.00769. The van der Waals surface area contributed by atoms with Crippen LogP contribution in [0.1, 0.15) is 33.9 Å². The smallest absolute Gasteiger partial charge is 0.255 e. The zero-order valence-corrected chi connectivity index (χ0v) is 18.9. The van der Waals surface area contributed by atoms with Crippen molar-refractivity contribution >= 4 is 23.5 Å². The molecule has 0 aliphatic carbocycles. The van der Waals surface area contributed by atoms with Gasteiger partial charge in [0, 0.05) is 31.6 Å². The van der Waals surface area contributed by atoms with Crippen LogP contribution in [0.5, 0.6) is 0 Å². The van der Waals surface area contributed by atoms with E-state index in [9.17, 15) is 9.18 Å². The Balaban J connectivity index is 1.41. The number of anilines is 1. The van der Waals surface area contributed by atoms with Crippen LogP contribution in [0.4, 0.5) is 10.3 Å². The van der Waals surface area contributed by atoms with Crippen LogP contribution in [-0.2, 0) is 0 Å². The van der Waals surface area contributed by atoms with Gasteiger partial charge in [0.15, 0.2) is 5.76 Å². The highest BCUT2D eigenvalue weighted by molar-refractivity contribution is 6.31. The highest BCUT2D eigenvalue weighted by Gasteiger charge is 2.46. The quantitative estimate of drug-likeness (QED) is 0.589. The highest BCUT2D eigenvalue weighted by Crippen LogP contribution is 2.37. The first-order valence-electron chi connectivity index (χ1n) is 10.6. The predicted octanol–water partition coefficient (Wildman–Crippen LogP) is 4.20. The van der Waals surface area contributed by atoms with Crippen LogP contribution < -0.4 is 4.90 Å². The second kappa shape index (κ2) is 7.85. The minimum atomic E-state index is -0.505. The number of piperidine rings is 1. The number of aromatic nitrogens is 3. The summed E-state index contributed by atoms with van der Waals surface area (Å²) < 4.78 is 20.0. The first-order valence-corrected chi connectivity index (χ1v) is 11.0. The zero-order chi connectivity index (χ0) is 22.6. The molecule has 1 aromatic carbocycles. The molecule has 3 aromatic rings. The molecule has 2 aromatic heterocycles. The number of hydrogen-bond donors (Lipinski definition) is 0. The summed E-state index contributed by atoms with van der Waals surface area (Å²) in [5.74, 6) is 0.586.